The van der Waals surface area contributed by atoms with Crippen molar-refractivity contribution in [2.45, 2.75) is 38.6 Å². The zero-order valence-corrected chi connectivity index (χ0v) is 15.6. The van der Waals surface area contributed by atoms with Crippen LogP contribution in [0.2, 0.25) is 0 Å². The minimum atomic E-state index is -0.323. The third-order valence-electron chi connectivity index (χ3n) is 5.24. The van der Waals surface area contributed by atoms with Crippen LogP contribution in [0.3, 0.4) is 0 Å². The van der Waals surface area contributed by atoms with Gasteiger partial charge in [0.15, 0.2) is 0 Å². The summed E-state index contributed by atoms with van der Waals surface area (Å²) in [7, 11) is 0. The Balaban J connectivity index is 1.55. The molecule has 27 heavy (non-hydrogen) atoms. The Bertz CT molecular complexity index is 981. The highest BCUT2D eigenvalue weighted by atomic mass is 19.1. The number of carbonyl (C=O) groups is 1. The van der Waals surface area contributed by atoms with Gasteiger partial charge in [-0.15, -0.1) is 0 Å². The lowest BCUT2D eigenvalue weighted by molar-refractivity contribution is -0.129. The number of aromatic nitrogens is 3. The van der Waals surface area contributed by atoms with Crippen molar-refractivity contribution in [1.29, 1.82) is 0 Å². The van der Waals surface area contributed by atoms with Crippen molar-refractivity contribution >= 4 is 16.9 Å². The fourth-order valence-electron chi connectivity index (χ4n) is 3.90. The van der Waals surface area contributed by atoms with E-state index in [0.29, 0.717) is 18.7 Å². The van der Waals surface area contributed by atoms with E-state index in [1.807, 2.05) is 17.2 Å². The highest BCUT2D eigenvalue weighted by Crippen LogP contribution is 2.31. The van der Waals surface area contributed by atoms with Crippen LogP contribution in [-0.2, 0) is 11.2 Å². The summed E-state index contributed by atoms with van der Waals surface area (Å²) >= 11 is 0. The maximum absolute atomic E-state index is 13.8. The van der Waals surface area contributed by atoms with Crippen molar-refractivity contribution in [3.8, 4) is 0 Å². The number of amides is 1. The SMILES string of the molecule is CC(C)n1c([C@H]2CCN(C(=O)Cc3ccccc3F)C2)nc2ccncc21. The highest BCUT2D eigenvalue weighted by Gasteiger charge is 2.31. The van der Waals surface area contributed by atoms with Crippen LogP contribution in [0, 0.1) is 5.82 Å². The van der Waals surface area contributed by atoms with Crippen molar-refractivity contribution in [2.75, 3.05) is 13.1 Å². The molecule has 2 aromatic heterocycles. The molecule has 3 aromatic rings. The first-order valence-electron chi connectivity index (χ1n) is 9.37. The van der Waals surface area contributed by atoms with Crippen LogP contribution in [0.15, 0.2) is 42.7 Å². The highest BCUT2D eigenvalue weighted by molar-refractivity contribution is 5.79. The second-order valence-electron chi connectivity index (χ2n) is 7.39. The molecule has 6 heteroatoms. The molecule has 1 aliphatic heterocycles. The average molecular weight is 366 g/mol. The van der Waals surface area contributed by atoms with Gasteiger partial charge < -0.3 is 9.47 Å². The van der Waals surface area contributed by atoms with E-state index in [-0.39, 0.29) is 30.1 Å². The summed E-state index contributed by atoms with van der Waals surface area (Å²) in [5, 5.41) is 0. The summed E-state index contributed by atoms with van der Waals surface area (Å²) in [5.41, 5.74) is 2.41. The van der Waals surface area contributed by atoms with Gasteiger partial charge in [0.1, 0.15) is 11.6 Å². The molecule has 1 aromatic carbocycles. The first kappa shape index (κ1) is 17.6. The molecule has 140 valence electrons. The van der Waals surface area contributed by atoms with E-state index in [9.17, 15) is 9.18 Å². The number of halogens is 1. The zero-order valence-electron chi connectivity index (χ0n) is 15.6. The number of benzene rings is 1. The van der Waals surface area contributed by atoms with E-state index < -0.39 is 0 Å². The molecule has 0 N–H and O–H groups in total. The van der Waals surface area contributed by atoms with Crippen molar-refractivity contribution in [3.63, 3.8) is 0 Å². The van der Waals surface area contributed by atoms with E-state index in [2.05, 4.69) is 23.4 Å². The number of imidazole rings is 1. The van der Waals surface area contributed by atoms with Crippen LogP contribution in [0.25, 0.3) is 11.0 Å². The second kappa shape index (κ2) is 7.10. The summed E-state index contributed by atoms with van der Waals surface area (Å²) < 4.78 is 16.1. The molecule has 0 radical (unpaired) electrons. The van der Waals surface area contributed by atoms with Crippen LogP contribution >= 0.6 is 0 Å². The third-order valence-corrected chi connectivity index (χ3v) is 5.24. The van der Waals surface area contributed by atoms with Crippen LogP contribution in [0.1, 0.15) is 43.6 Å². The molecule has 0 aliphatic carbocycles. The summed E-state index contributed by atoms with van der Waals surface area (Å²) in [6.45, 7) is 5.57. The number of hydrogen-bond acceptors (Lipinski definition) is 3. The first-order chi connectivity index (χ1) is 13.0. The van der Waals surface area contributed by atoms with Gasteiger partial charge in [-0.05, 0) is 38.0 Å². The number of fused-ring (bicyclic) bond motifs is 1. The zero-order chi connectivity index (χ0) is 19.0. The summed E-state index contributed by atoms with van der Waals surface area (Å²) in [6, 6.07) is 8.66. The second-order valence-corrected chi connectivity index (χ2v) is 7.39. The molecule has 3 heterocycles. The number of pyridine rings is 1. The van der Waals surface area contributed by atoms with Gasteiger partial charge in [-0.3, -0.25) is 9.78 Å². The quantitative estimate of drug-likeness (QED) is 0.707. The minimum absolute atomic E-state index is 0.0310. The van der Waals surface area contributed by atoms with Crippen molar-refractivity contribution in [1.82, 2.24) is 19.4 Å². The summed E-state index contributed by atoms with van der Waals surface area (Å²) in [6.07, 6.45) is 4.57. The van der Waals surface area contributed by atoms with Crippen LogP contribution in [-0.4, -0.2) is 38.4 Å². The lowest BCUT2D eigenvalue weighted by Crippen LogP contribution is -2.30. The van der Waals surface area contributed by atoms with E-state index in [1.54, 1.807) is 24.4 Å². The first-order valence-corrected chi connectivity index (χ1v) is 9.37. The monoisotopic (exact) mass is 366 g/mol. The van der Waals surface area contributed by atoms with Gasteiger partial charge in [-0.1, -0.05) is 18.2 Å². The molecule has 4 rings (SSSR count). The normalized spacial score (nSPS) is 17.2. The van der Waals surface area contributed by atoms with E-state index in [4.69, 9.17) is 4.98 Å². The molecule has 0 unspecified atom stereocenters. The molecular weight excluding hydrogens is 343 g/mol. The Hall–Kier alpha value is -2.76. The maximum Gasteiger partial charge on any atom is 0.227 e. The third kappa shape index (κ3) is 3.31. The lowest BCUT2D eigenvalue weighted by Gasteiger charge is -2.19. The van der Waals surface area contributed by atoms with E-state index in [1.165, 1.54) is 6.07 Å². The minimum Gasteiger partial charge on any atom is -0.342 e. The Morgan fingerprint density at radius 2 is 2.11 bits per heavy atom. The molecule has 0 bridgehead atoms. The van der Waals surface area contributed by atoms with Crippen LogP contribution in [0.5, 0.6) is 0 Å². The fourth-order valence-corrected chi connectivity index (χ4v) is 3.90. The number of hydrogen-bond donors (Lipinski definition) is 0. The van der Waals surface area contributed by atoms with Gasteiger partial charge in [0.2, 0.25) is 5.91 Å². The fraction of sp³-hybridized carbons (Fsp3) is 0.381. The van der Waals surface area contributed by atoms with Gasteiger partial charge in [0.05, 0.1) is 23.7 Å². The molecule has 1 atom stereocenters. The van der Waals surface area contributed by atoms with Gasteiger partial charge in [-0.2, -0.15) is 0 Å². The molecule has 1 aliphatic rings. The molecule has 0 spiro atoms. The van der Waals surface area contributed by atoms with Gasteiger partial charge in [0, 0.05) is 31.2 Å². The molecule has 0 saturated carbocycles. The Labute approximate surface area is 157 Å². The van der Waals surface area contributed by atoms with Gasteiger partial charge in [0.25, 0.3) is 0 Å². The van der Waals surface area contributed by atoms with Crippen LogP contribution < -0.4 is 0 Å². The average Bonchev–Trinajstić information content (AvgIpc) is 3.28. The van der Waals surface area contributed by atoms with Crippen molar-refractivity contribution in [3.05, 3.63) is 59.9 Å². The van der Waals surface area contributed by atoms with E-state index >= 15 is 0 Å². The topological polar surface area (TPSA) is 51.0 Å². The molecule has 1 fully saturated rings. The molecule has 5 nitrogen and oxygen atoms in total. The number of likely N-dealkylation sites (tertiary alicyclic amines) is 1. The lowest BCUT2D eigenvalue weighted by atomic mass is 10.1. The van der Waals surface area contributed by atoms with Crippen molar-refractivity contribution in [2.24, 2.45) is 0 Å². The molecule has 1 saturated heterocycles. The Kier molecular flexibility index (Phi) is 4.64. The summed E-state index contributed by atoms with van der Waals surface area (Å²) in [4.78, 5) is 23.6. The maximum atomic E-state index is 13.8. The van der Waals surface area contributed by atoms with Crippen LogP contribution in [0.4, 0.5) is 4.39 Å². The van der Waals surface area contributed by atoms with Gasteiger partial charge in [-0.25, -0.2) is 9.37 Å². The standard InChI is InChI=1S/C21H23FN4O/c1-14(2)26-19-12-23-9-7-18(19)24-21(26)16-8-10-25(13-16)20(27)11-15-5-3-4-6-17(15)22/h3-7,9,12,14,16H,8,10-11,13H2,1-2H3/t16-/m0/s1. The number of rotatable bonds is 4. The predicted octanol–water partition coefficient (Wildman–Crippen LogP) is 3.71. The smallest absolute Gasteiger partial charge is 0.227 e. The summed E-state index contributed by atoms with van der Waals surface area (Å²) in [5.74, 6) is 0.839. The largest absolute Gasteiger partial charge is 0.342 e. The Morgan fingerprint density at radius 1 is 1.30 bits per heavy atom. The molecule has 1 amide bonds. The van der Waals surface area contributed by atoms with E-state index in [0.717, 1.165) is 23.3 Å². The number of nitrogens with zero attached hydrogens (tertiary/aromatic N) is 4. The van der Waals surface area contributed by atoms with Gasteiger partial charge >= 0.3 is 0 Å². The Morgan fingerprint density at radius 3 is 2.89 bits per heavy atom. The predicted molar refractivity (Wildman–Crippen MR) is 102 cm³/mol. The van der Waals surface area contributed by atoms with Crippen molar-refractivity contribution < 1.29 is 9.18 Å². The molecular formula is C21H23FN4O. The number of carbonyl (C=O) groups excluding carboxylic acids is 1.